The minimum absolute atomic E-state index is 0.146. The molecule has 0 aliphatic heterocycles. The van der Waals surface area contributed by atoms with Crippen LogP contribution in [0.3, 0.4) is 0 Å². The van der Waals surface area contributed by atoms with E-state index in [1.165, 1.54) is 26.4 Å². The van der Waals surface area contributed by atoms with Gasteiger partial charge in [-0.15, -0.1) is 0 Å². The number of carbonyl (C=O) groups is 1. The SMILES string of the molecule is COc1cc([N+]#N)c(C(=O)[O-])cc1OC. The van der Waals surface area contributed by atoms with Crippen LogP contribution in [0.5, 0.6) is 11.5 Å². The Morgan fingerprint density at radius 1 is 1.33 bits per heavy atom. The van der Waals surface area contributed by atoms with Crippen molar-refractivity contribution in [3.63, 3.8) is 0 Å². The summed E-state index contributed by atoms with van der Waals surface area (Å²) in [6.07, 6.45) is 0. The zero-order valence-corrected chi connectivity index (χ0v) is 8.18. The highest BCUT2D eigenvalue weighted by Crippen LogP contribution is 2.34. The second-order valence-corrected chi connectivity index (χ2v) is 2.61. The minimum Gasteiger partial charge on any atom is -0.544 e. The molecule has 0 atom stereocenters. The highest BCUT2D eigenvalue weighted by molar-refractivity contribution is 5.94. The quantitative estimate of drug-likeness (QED) is 0.677. The average molecular weight is 208 g/mol. The molecule has 0 radical (unpaired) electrons. The first kappa shape index (κ1) is 10.8. The lowest BCUT2D eigenvalue weighted by Crippen LogP contribution is -2.22. The lowest BCUT2D eigenvalue weighted by molar-refractivity contribution is -0.254. The number of methoxy groups -OCH3 is 2. The first-order chi connectivity index (χ1) is 7.13. The van der Waals surface area contributed by atoms with Gasteiger partial charge in [-0.3, -0.25) is 0 Å². The lowest BCUT2D eigenvalue weighted by atomic mass is 10.1. The fraction of sp³-hybridized carbons (Fsp3) is 0.222. The Labute approximate surface area is 85.7 Å². The Morgan fingerprint density at radius 2 is 1.87 bits per heavy atom. The van der Waals surface area contributed by atoms with Crippen molar-refractivity contribution in [1.82, 2.24) is 0 Å². The van der Waals surface area contributed by atoms with Crippen molar-refractivity contribution in [2.45, 2.75) is 0 Å². The molecule has 0 saturated carbocycles. The van der Waals surface area contributed by atoms with Gasteiger partial charge in [0.15, 0.2) is 16.5 Å². The number of hydrogen-bond donors (Lipinski definition) is 0. The van der Waals surface area contributed by atoms with Gasteiger partial charge in [0.25, 0.3) is 0 Å². The van der Waals surface area contributed by atoms with E-state index in [4.69, 9.17) is 14.9 Å². The van der Waals surface area contributed by atoms with Crippen LogP contribution in [0.1, 0.15) is 10.4 Å². The maximum absolute atomic E-state index is 10.7. The molecule has 0 aliphatic carbocycles. The van der Waals surface area contributed by atoms with Gasteiger partial charge in [0, 0.05) is 6.07 Å². The predicted octanol–water partition coefficient (Wildman–Crippen LogP) is 0.552. The molecule has 1 rings (SSSR count). The number of carbonyl (C=O) groups excluding carboxylic acids is 1. The zero-order chi connectivity index (χ0) is 11.4. The molecule has 78 valence electrons. The summed E-state index contributed by atoms with van der Waals surface area (Å²) in [4.78, 5) is 13.5. The minimum atomic E-state index is -1.45. The van der Waals surface area contributed by atoms with E-state index in [0.717, 1.165) is 0 Å². The third-order valence-electron chi connectivity index (χ3n) is 1.83. The fourth-order valence-electron chi connectivity index (χ4n) is 1.11. The van der Waals surface area contributed by atoms with Crippen molar-refractivity contribution in [2.24, 2.45) is 0 Å². The third kappa shape index (κ3) is 1.96. The third-order valence-corrected chi connectivity index (χ3v) is 1.83. The molecule has 0 amide bonds. The van der Waals surface area contributed by atoms with E-state index in [0.29, 0.717) is 0 Å². The Kier molecular flexibility index (Phi) is 3.08. The van der Waals surface area contributed by atoms with E-state index in [1.54, 1.807) is 0 Å². The molecule has 1 aromatic carbocycles. The van der Waals surface area contributed by atoms with Crippen LogP contribution >= 0.6 is 0 Å². The van der Waals surface area contributed by atoms with Gasteiger partial charge in [0.1, 0.15) is 0 Å². The number of hydrogen-bond acceptors (Lipinski definition) is 5. The molecular weight excluding hydrogens is 200 g/mol. The van der Waals surface area contributed by atoms with E-state index >= 15 is 0 Å². The number of diazo groups is 1. The highest BCUT2D eigenvalue weighted by atomic mass is 16.5. The van der Waals surface area contributed by atoms with Gasteiger partial charge in [0.05, 0.1) is 31.8 Å². The van der Waals surface area contributed by atoms with Crippen LogP contribution in [0, 0.1) is 5.39 Å². The number of benzene rings is 1. The molecule has 6 nitrogen and oxygen atoms in total. The smallest absolute Gasteiger partial charge is 0.397 e. The van der Waals surface area contributed by atoms with Gasteiger partial charge in [-0.1, -0.05) is 0 Å². The molecule has 0 aromatic heterocycles. The van der Waals surface area contributed by atoms with Crippen LogP contribution in [-0.4, -0.2) is 20.2 Å². The maximum Gasteiger partial charge on any atom is 0.397 e. The van der Waals surface area contributed by atoms with Gasteiger partial charge in [-0.05, 0) is 0 Å². The van der Waals surface area contributed by atoms with Gasteiger partial charge >= 0.3 is 5.69 Å². The molecular formula is C9H8N2O4. The topological polar surface area (TPSA) is 86.7 Å². The highest BCUT2D eigenvalue weighted by Gasteiger charge is 2.20. The van der Waals surface area contributed by atoms with E-state index in [9.17, 15) is 9.90 Å². The molecule has 0 heterocycles. The molecule has 6 heteroatoms. The molecule has 1 aromatic rings. The van der Waals surface area contributed by atoms with Crippen LogP contribution < -0.4 is 14.6 Å². The molecule has 0 bridgehead atoms. The van der Waals surface area contributed by atoms with Gasteiger partial charge in [0.2, 0.25) is 5.39 Å². The van der Waals surface area contributed by atoms with Crippen LogP contribution in [0.2, 0.25) is 0 Å². The molecule has 15 heavy (non-hydrogen) atoms. The first-order valence-corrected chi connectivity index (χ1v) is 3.96. The van der Waals surface area contributed by atoms with Crippen molar-refractivity contribution < 1.29 is 19.4 Å². The summed E-state index contributed by atoms with van der Waals surface area (Å²) in [7, 11) is 2.75. The summed E-state index contributed by atoms with van der Waals surface area (Å²) < 4.78 is 9.79. The van der Waals surface area contributed by atoms with Crippen LogP contribution in [-0.2, 0) is 0 Å². The normalized spacial score (nSPS) is 9.13. The zero-order valence-electron chi connectivity index (χ0n) is 8.18. The molecule has 0 spiro atoms. The summed E-state index contributed by atoms with van der Waals surface area (Å²) in [5.74, 6) is -0.955. The Bertz CT molecular complexity index is 436. The van der Waals surface area contributed by atoms with Crippen LogP contribution in [0.4, 0.5) is 5.69 Å². The summed E-state index contributed by atoms with van der Waals surface area (Å²) in [6.45, 7) is 0. The summed E-state index contributed by atoms with van der Waals surface area (Å²) in [5.41, 5.74) is -0.414. The average Bonchev–Trinajstić information content (AvgIpc) is 2.26. The lowest BCUT2D eigenvalue weighted by Gasteiger charge is -2.07. The largest absolute Gasteiger partial charge is 0.544 e. The number of carboxylic acid groups (broad SMARTS) is 1. The number of nitrogens with zero attached hydrogens (tertiary/aromatic N) is 2. The van der Waals surface area contributed by atoms with Crippen LogP contribution in [0.15, 0.2) is 12.1 Å². The molecule has 0 saturated heterocycles. The van der Waals surface area contributed by atoms with Crippen molar-refractivity contribution in [1.29, 1.82) is 5.39 Å². The van der Waals surface area contributed by atoms with E-state index in [1.807, 2.05) is 0 Å². The number of carboxylic acids is 1. The summed E-state index contributed by atoms with van der Waals surface area (Å²) in [6, 6.07) is 2.41. The van der Waals surface area contributed by atoms with Crippen LogP contribution in [0.25, 0.3) is 4.98 Å². The monoisotopic (exact) mass is 208 g/mol. The number of ether oxygens (including phenoxy) is 2. The molecule has 0 fully saturated rings. The Morgan fingerprint density at radius 3 is 2.27 bits per heavy atom. The van der Waals surface area contributed by atoms with Crippen molar-refractivity contribution in [2.75, 3.05) is 14.2 Å². The van der Waals surface area contributed by atoms with Crippen molar-refractivity contribution >= 4 is 11.7 Å². The molecule has 0 aliphatic rings. The Hall–Kier alpha value is -2.29. The first-order valence-electron chi connectivity index (χ1n) is 3.96. The predicted molar refractivity (Wildman–Crippen MR) is 48.6 cm³/mol. The molecule has 0 unspecified atom stereocenters. The second-order valence-electron chi connectivity index (χ2n) is 2.61. The van der Waals surface area contributed by atoms with E-state index in [2.05, 4.69) is 4.98 Å². The van der Waals surface area contributed by atoms with Crippen molar-refractivity contribution in [3.05, 3.63) is 22.7 Å². The Balaban J connectivity index is 3.42. The van der Waals surface area contributed by atoms with Gasteiger partial charge in [-0.2, -0.15) is 0 Å². The van der Waals surface area contributed by atoms with Gasteiger partial charge < -0.3 is 19.4 Å². The standard InChI is InChI=1S/C9H8N2O4/c1-14-7-3-5(9(12)13)6(11-10)4-8(7)15-2/h3-4H,1-2H3. The second kappa shape index (κ2) is 4.28. The summed E-state index contributed by atoms with van der Waals surface area (Å²) >= 11 is 0. The van der Waals surface area contributed by atoms with Gasteiger partial charge in [-0.25, -0.2) is 0 Å². The van der Waals surface area contributed by atoms with E-state index < -0.39 is 5.97 Å². The summed E-state index contributed by atoms with van der Waals surface area (Å²) in [5, 5.41) is 19.3. The fourth-order valence-corrected chi connectivity index (χ4v) is 1.11. The maximum atomic E-state index is 10.7. The molecule has 0 N–H and O–H groups in total. The number of aromatic carboxylic acids is 1. The number of rotatable bonds is 3. The van der Waals surface area contributed by atoms with Crippen molar-refractivity contribution in [3.8, 4) is 11.5 Å². The van der Waals surface area contributed by atoms with E-state index in [-0.39, 0.29) is 22.7 Å².